The number of carbonyl (C=O) groups is 2. The standard InChI is InChI=1S/C20H23NO3/c1-14-10-15(2)12-17(11-14)8-9-19(22)21-18(20(23)24)13-16-6-4-3-5-7-16/h3-7,10-12,18H,8-9,13H2,1-2H3,(H,21,22)(H,23,24). The van der Waals surface area contributed by atoms with E-state index in [2.05, 4.69) is 23.5 Å². The lowest BCUT2D eigenvalue weighted by molar-refractivity contribution is -0.141. The maximum Gasteiger partial charge on any atom is 0.326 e. The number of carboxylic acid groups (broad SMARTS) is 1. The molecule has 0 radical (unpaired) electrons. The van der Waals surface area contributed by atoms with E-state index in [1.165, 1.54) is 0 Å². The zero-order valence-corrected chi connectivity index (χ0v) is 14.1. The lowest BCUT2D eigenvalue weighted by Crippen LogP contribution is -2.42. The van der Waals surface area contributed by atoms with Gasteiger partial charge in [-0.25, -0.2) is 4.79 Å². The van der Waals surface area contributed by atoms with Crippen molar-refractivity contribution < 1.29 is 14.7 Å². The summed E-state index contributed by atoms with van der Waals surface area (Å²) in [5.41, 5.74) is 4.31. The molecule has 2 aromatic rings. The summed E-state index contributed by atoms with van der Waals surface area (Å²) >= 11 is 0. The van der Waals surface area contributed by atoms with Gasteiger partial charge in [0.05, 0.1) is 0 Å². The van der Waals surface area contributed by atoms with E-state index in [0.717, 1.165) is 22.3 Å². The highest BCUT2D eigenvalue weighted by Crippen LogP contribution is 2.11. The smallest absolute Gasteiger partial charge is 0.326 e. The second-order valence-corrected chi connectivity index (χ2v) is 6.14. The molecule has 2 aromatic carbocycles. The van der Waals surface area contributed by atoms with Crippen molar-refractivity contribution in [1.82, 2.24) is 5.32 Å². The second-order valence-electron chi connectivity index (χ2n) is 6.14. The van der Waals surface area contributed by atoms with Crippen molar-refractivity contribution in [3.63, 3.8) is 0 Å². The van der Waals surface area contributed by atoms with Crippen LogP contribution in [0.1, 0.15) is 28.7 Å². The topological polar surface area (TPSA) is 66.4 Å². The third kappa shape index (κ3) is 5.54. The third-order valence-corrected chi connectivity index (χ3v) is 3.84. The van der Waals surface area contributed by atoms with Crippen LogP contribution in [0.25, 0.3) is 0 Å². The van der Waals surface area contributed by atoms with Crippen LogP contribution in [0.5, 0.6) is 0 Å². The van der Waals surface area contributed by atoms with E-state index in [1.54, 1.807) is 0 Å². The molecule has 0 heterocycles. The molecule has 0 aromatic heterocycles. The zero-order valence-electron chi connectivity index (χ0n) is 14.1. The molecule has 4 nitrogen and oxygen atoms in total. The molecule has 0 saturated heterocycles. The number of nitrogens with one attached hydrogen (secondary N) is 1. The quantitative estimate of drug-likeness (QED) is 0.822. The van der Waals surface area contributed by atoms with Crippen LogP contribution in [0.15, 0.2) is 48.5 Å². The average molecular weight is 325 g/mol. The molecule has 0 fully saturated rings. The van der Waals surface area contributed by atoms with Crippen LogP contribution in [0, 0.1) is 13.8 Å². The fraction of sp³-hybridized carbons (Fsp3) is 0.300. The van der Waals surface area contributed by atoms with E-state index in [4.69, 9.17) is 0 Å². The fourth-order valence-corrected chi connectivity index (χ4v) is 2.79. The van der Waals surface area contributed by atoms with Gasteiger partial charge in [-0.05, 0) is 31.4 Å². The largest absolute Gasteiger partial charge is 0.480 e. The summed E-state index contributed by atoms with van der Waals surface area (Å²) in [4.78, 5) is 23.5. The number of hydrogen-bond acceptors (Lipinski definition) is 2. The minimum absolute atomic E-state index is 0.238. The Kier molecular flexibility index (Phi) is 6.13. The van der Waals surface area contributed by atoms with E-state index >= 15 is 0 Å². The van der Waals surface area contributed by atoms with E-state index in [-0.39, 0.29) is 18.7 Å². The summed E-state index contributed by atoms with van der Waals surface area (Å²) < 4.78 is 0. The van der Waals surface area contributed by atoms with E-state index in [0.29, 0.717) is 6.42 Å². The highest BCUT2D eigenvalue weighted by atomic mass is 16.4. The Morgan fingerprint density at radius 1 is 1.00 bits per heavy atom. The van der Waals surface area contributed by atoms with Crippen LogP contribution in [-0.4, -0.2) is 23.0 Å². The molecular formula is C20H23NO3. The first-order valence-corrected chi connectivity index (χ1v) is 8.07. The van der Waals surface area contributed by atoms with E-state index in [9.17, 15) is 14.7 Å². The first kappa shape index (κ1) is 17.7. The molecule has 0 saturated carbocycles. The summed E-state index contributed by atoms with van der Waals surface area (Å²) in [5, 5.41) is 12.0. The SMILES string of the molecule is Cc1cc(C)cc(CCC(=O)NC(Cc2ccccc2)C(=O)O)c1. The van der Waals surface area contributed by atoms with Crippen LogP contribution >= 0.6 is 0 Å². The van der Waals surface area contributed by atoms with Gasteiger partial charge in [0.15, 0.2) is 0 Å². The van der Waals surface area contributed by atoms with Crippen molar-refractivity contribution in [3.05, 3.63) is 70.8 Å². The number of amides is 1. The Labute approximate surface area is 142 Å². The molecule has 1 unspecified atom stereocenters. The Bertz CT molecular complexity index is 690. The number of aryl methyl sites for hydroxylation is 3. The van der Waals surface area contributed by atoms with Crippen molar-refractivity contribution >= 4 is 11.9 Å². The number of rotatable bonds is 7. The summed E-state index contributed by atoms with van der Waals surface area (Å²) in [5.74, 6) is -1.25. The zero-order chi connectivity index (χ0) is 17.5. The Balaban J connectivity index is 1.92. The van der Waals surface area contributed by atoms with Gasteiger partial charge in [-0.15, -0.1) is 0 Å². The first-order chi connectivity index (χ1) is 11.4. The number of carboxylic acids is 1. The normalized spacial score (nSPS) is 11.8. The maximum atomic E-state index is 12.1. The maximum absolute atomic E-state index is 12.1. The lowest BCUT2D eigenvalue weighted by Gasteiger charge is -2.15. The number of benzene rings is 2. The molecule has 126 valence electrons. The van der Waals surface area contributed by atoms with Crippen molar-refractivity contribution in [1.29, 1.82) is 0 Å². The van der Waals surface area contributed by atoms with Crippen LogP contribution < -0.4 is 5.32 Å². The predicted molar refractivity (Wildman–Crippen MR) is 93.9 cm³/mol. The Hall–Kier alpha value is -2.62. The van der Waals surface area contributed by atoms with Crippen molar-refractivity contribution in [2.24, 2.45) is 0 Å². The van der Waals surface area contributed by atoms with Crippen LogP contribution in [-0.2, 0) is 22.4 Å². The predicted octanol–water partition coefficient (Wildman–Crippen LogP) is 3.05. The van der Waals surface area contributed by atoms with Gasteiger partial charge in [-0.1, -0.05) is 59.7 Å². The molecule has 1 atom stereocenters. The van der Waals surface area contributed by atoms with Gasteiger partial charge in [0.2, 0.25) is 5.91 Å². The molecule has 0 aliphatic carbocycles. The summed E-state index contributed by atoms with van der Waals surface area (Å²) in [6.45, 7) is 4.05. The molecule has 2 rings (SSSR count). The van der Waals surface area contributed by atoms with Crippen LogP contribution in [0.2, 0.25) is 0 Å². The Morgan fingerprint density at radius 3 is 2.21 bits per heavy atom. The molecule has 2 N–H and O–H groups in total. The fourth-order valence-electron chi connectivity index (χ4n) is 2.79. The summed E-state index contributed by atoms with van der Waals surface area (Å²) in [6, 6.07) is 14.6. The molecule has 24 heavy (non-hydrogen) atoms. The van der Waals surface area contributed by atoms with Gasteiger partial charge < -0.3 is 10.4 Å². The summed E-state index contributed by atoms with van der Waals surface area (Å²) in [6.07, 6.45) is 1.17. The van der Waals surface area contributed by atoms with Crippen LogP contribution in [0.3, 0.4) is 0 Å². The van der Waals surface area contributed by atoms with E-state index < -0.39 is 12.0 Å². The van der Waals surface area contributed by atoms with Crippen molar-refractivity contribution in [2.45, 2.75) is 39.2 Å². The monoisotopic (exact) mass is 325 g/mol. The molecule has 4 heteroatoms. The highest BCUT2D eigenvalue weighted by Gasteiger charge is 2.20. The number of carbonyl (C=O) groups excluding carboxylic acids is 1. The summed E-state index contributed by atoms with van der Waals surface area (Å²) in [7, 11) is 0. The molecule has 0 bridgehead atoms. The van der Waals surface area contributed by atoms with Gasteiger partial charge >= 0.3 is 5.97 Å². The van der Waals surface area contributed by atoms with Gasteiger partial charge in [0, 0.05) is 12.8 Å². The Morgan fingerprint density at radius 2 is 1.62 bits per heavy atom. The number of hydrogen-bond donors (Lipinski definition) is 2. The molecule has 0 aliphatic heterocycles. The first-order valence-electron chi connectivity index (χ1n) is 8.07. The lowest BCUT2D eigenvalue weighted by atomic mass is 10.0. The van der Waals surface area contributed by atoms with Gasteiger partial charge in [0.25, 0.3) is 0 Å². The third-order valence-electron chi connectivity index (χ3n) is 3.84. The second kappa shape index (κ2) is 8.29. The molecular weight excluding hydrogens is 302 g/mol. The number of aliphatic carboxylic acids is 1. The average Bonchev–Trinajstić information content (AvgIpc) is 2.52. The highest BCUT2D eigenvalue weighted by molar-refractivity contribution is 5.83. The van der Waals surface area contributed by atoms with Crippen LogP contribution in [0.4, 0.5) is 0 Å². The van der Waals surface area contributed by atoms with Gasteiger partial charge in [-0.3, -0.25) is 4.79 Å². The minimum Gasteiger partial charge on any atom is -0.480 e. The van der Waals surface area contributed by atoms with Gasteiger partial charge in [0.1, 0.15) is 6.04 Å². The molecule has 0 aliphatic rings. The van der Waals surface area contributed by atoms with Crippen molar-refractivity contribution in [2.75, 3.05) is 0 Å². The minimum atomic E-state index is -1.02. The van der Waals surface area contributed by atoms with Gasteiger partial charge in [-0.2, -0.15) is 0 Å². The van der Waals surface area contributed by atoms with Crippen molar-refractivity contribution in [3.8, 4) is 0 Å². The molecule has 0 spiro atoms. The van der Waals surface area contributed by atoms with E-state index in [1.807, 2.05) is 44.2 Å². The molecule has 1 amide bonds.